The van der Waals surface area contributed by atoms with Crippen molar-refractivity contribution in [3.05, 3.63) is 12.1 Å². The highest BCUT2D eigenvalue weighted by Crippen LogP contribution is 2.43. The van der Waals surface area contributed by atoms with Gasteiger partial charge in [-0.3, -0.25) is 4.79 Å². The molecule has 2 aliphatic rings. The number of ether oxygens (including phenoxy) is 2. The van der Waals surface area contributed by atoms with Crippen molar-refractivity contribution < 1.29 is 14.3 Å². The molecule has 0 saturated carbocycles. The molecule has 0 fully saturated rings. The van der Waals surface area contributed by atoms with Gasteiger partial charge in [0, 0.05) is 18.7 Å². The van der Waals surface area contributed by atoms with E-state index < -0.39 is 0 Å². The zero-order chi connectivity index (χ0) is 14.8. The molecule has 1 aromatic rings. The van der Waals surface area contributed by atoms with Crippen molar-refractivity contribution in [3.8, 4) is 11.5 Å². The second-order valence-corrected chi connectivity index (χ2v) is 5.52. The number of hydrogen-bond acceptors (Lipinski definition) is 4. The first-order valence-corrected chi connectivity index (χ1v) is 7.76. The maximum atomic E-state index is 12.6. The van der Waals surface area contributed by atoms with E-state index in [0.717, 1.165) is 55.1 Å². The van der Waals surface area contributed by atoms with E-state index in [9.17, 15) is 4.79 Å². The van der Waals surface area contributed by atoms with Crippen molar-refractivity contribution in [1.29, 1.82) is 0 Å². The number of amides is 1. The summed E-state index contributed by atoms with van der Waals surface area (Å²) >= 11 is 0. The third-order valence-electron chi connectivity index (χ3n) is 4.07. The molecular formula is C16H22N2O3. The molecule has 0 aromatic heterocycles. The molecule has 0 saturated heterocycles. The number of benzene rings is 1. The molecule has 1 unspecified atom stereocenters. The fourth-order valence-corrected chi connectivity index (χ4v) is 2.85. The normalized spacial score (nSPS) is 19.4. The molecule has 0 aliphatic carbocycles. The van der Waals surface area contributed by atoms with Crippen LogP contribution in [0.4, 0.5) is 11.4 Å². The number of nitrogens with one attached hydrogen (secondary N) is 1. The van der Waals surface area contributed by atoms with Crippen molar-refractivity contribution in [1.82, 2.24) is 0 Å². The Balaban J connectivity index is 1.93. The Kier molecular flexibility index (Phi) is 3.90. The number of fused-ring (bicyclic) bond motifs is 2. The second-order valence-electron chi connectivity index (χ2n) is 5.52. The average molecular weight is 290 g/mol. The van der Waals surface area contributed by atoms with Crippen molar-refractivity contribution in [2.45, 2.75) is 45.6 Å². The SMILES string of the molecule is CCCCCN1C(=O)C(CC)Nc2cc3c(cc21)OCO3. The number of nitrogens with zero attached hydrogens (tertiary/aromatic N) is 1. The molecule has 0 radical (unpaired) electrons. The molecule has 0 bridgehead atoms. The monoisotopic (exact) mass is 290 g/mol. The van der Waals surface area contributed by atoms with Gasteiger partial charge in [0.25, 0.3) is 0 Å². The third kappa shape index (κ3) is 2.52. The summed E-state index contributed by atoms with van der Waals surface area (Å²) < 4.78 is 10.9. The number of unbranched alkanes of at least 4 members (excludes halogenated alkanes) is 2. The standard InChI is InChI=1S/C16H22N2O3/c1-3-5-6-7-18-13-9-15-14(20-10-21-15)8-12(13)17-11(4-2)16(18)19/h8-9,11,17H,3-7,10H2,1-2H3. The minimum Gasteiger partial charge on any atom is -0.454 e. The second kappa shape index (κ2) is 5.84. The highest BCUT2D eigenvalue weighted by molar-refractivity contribution is 6.05. The van der Waals surface area contributed by atoms with Gasteiger partial charge >= 0.3 is 0 Å². The Morgan fingerprint density at radius 2 is 2.00 bits per heavy atom. The van der Waals surface area contributed by atoms with Crippen LogP contribution >= 0.6 is 0 Å². The minimum atomic E-state index is -0.153. The number of hydrogen-bond donors (Lipinski definition) is 1. The van der Waals surface area contributed by atoms with Crippen LogP contribution in [0.3, 0.4) is 0 Å². The molecule has 2 aliphatic heterocycles. The van der Waals surface area contributed by atoms with Crippen LogP contribution in [-0.2, 0) is 4.79 Å². The Morgan fingerprint density at radius 1 is 1.24 bits per heavy atom. The Bertz CT molecular complexity index is 545. The van der Waals surface area contributed by atoms with Crippen LogP contribution in [0.5, 0.6) is 11.5 Å². The molecule has 1 aromatic carbocycles. The lowest BCUT2D eigenvalue weighted by Gasteiger charge is -2.35. The molecule has 5 heteroatoms. The quantitative estimate of drug-likeness (QED) is 0.846. The van der Waals surface area contributed by atoms with Gasteiger partial charge < -0.3 is 19.7 Å². The first-order valence-electron chi connectivity index (χ1n) is 7.76. The minimum absolute atomic E-state index is 0.153. The van der Waals surface area contributed by atoms with Gasteiger partial charge in [0.1, 0.15) is 6.04 Å². The van der Waals surface area contributed by atoms with Gasteiger partial charge in [0.05, 0.1) is 11.4 Å². The maximum Gasteiger partial charge on any atom is 0.249 e. The smallest absolute Gasteiger partial charge is 0.249 e. The van der Waals surface area contributed by atoms with Crippen LogP contribution in [0.25, 0.3) is 0 Å². The van der Waals surface area contributed by atoms with Gasteiger partial charge in [-0.15, -0.1) is 0 Å². The topological polar surface area (TPSA) is 50.8 Å². The van der Waals surface area contributed by atoms with E-state index in [4.69, 9.17) is 9.47 Å². The van der Waals surface area contributed by atoms with Crippen LogP contribution in [-0.4, -0.2) is 25.3 Å². The van der Waals surface area contributed by atoms with E-state index >= 15 is 0 Å². The number of carbonyl (C=O) groups excluding carboxylic acids is 1. The van der Waals surface area contributed by atoms with Crippen molar-refractivity contribution in [2.75, 3.05) is 23.6 Å². The summed E-state index contributed by atoms with van der Waals surface area (Å²) in [5.74, 6) is 1.62. The zero-order valence-corrected chi connectivity index (χ0v) is 12.6. The maximum absolute atomic E-state index is 12.6. The van der Waals surface area contributed by atoms with Crippen molar-refractivity contribution in [2.24, 2.45) is 0 Å². The molecule has 1 atom stereocenters. The van der Waals surface area contributed by atoms with Gasteiger partial charge in [0.2, 0.25) is 12.7 Å². The first kappa shape index (κ1) is 14.0. The lowest BCUT2D eigenvalue weighted by Crippen LogP contribution is -2.47. The summed E-state index contributed by atoms with van der Waals surface area (Å²) in [6, 6.07) is 3.71. The molecule has 5 nitrogen and oxygen atoms in total. The fourth-order valence-electron chi connectivity index (χ4n) is 2.85. The summed E-state index contributed by atoms with van der Waals surface area (Å²) in [5, 5.41) is 3.32. The number of anilines is 2. The van der Waals surface area contributed by atoms with Gasteiger partial charge in [-0.25, -0.2) is 0 Å². The van der Waals surface area contributed by atoms with E-state index in [2.05, 4.69) is 12.2 Å². The van der Waals surface area contributed by atoms with Gasteiger partial charge in [-0.2, -0.15) is 0 Å². The van der Waals surface area contributed by atoms with Crippen molar-refractivity contribution in [3.63, 3.8) is 0 Å². The Labute approximate surface area is 125 Å². The molecular weight excluding hydrogens is 268 g/mol. The molecule has 1 amide bonds. The summed E-state index contributed by atoms with van der Waals surface area (Å²) in [4.78, 5) is 14.5. The Morgan fingerprint density at radius 3 is 2.71 bits per heavy atom. The third-order valence-corrected chi connectivity index (χ3v) is 4.07. The van der Waals surface area contributed by atoms with Gasteiger partial charge in [0.15, 0.2) is 11.5 Å². The van der Waals surface area contributed by atoms with Crippen LogP contribution in [0.1, 0.15) is 39.5 Å². The predicted molar refractivity (Wildman–Crippen MR) is 82.1 cm³/mol. The molecule has 114 valence electrons. The number of rotatable bonds is 5. The molecule has 0 spiro atoms. The number of carbonyl (C=O) groups is 1. The van der Waals surface area contributed by atoms with Gasteiger partial charge in [-0.05, 0) is 12.8 Å². The lowest BCUT2D eigenvalue weighted by molar-refractivity contribution is -0.119. The van der Waals surface area contributed by atoms with Crippen LogP contribution < -0.4 is 19.7 Å². The van der Waals surface area contributed by atoms with Gasteiger partial charge in [-0.1, -0.05) is 26.7 Å². The summed E-state index contributed by atoms with van der Waals surface area (Å²) in [6.45, 7) is 5.20. The molecule has 2 heterocycles. The summed E-state index contributed by atoms with van der Waals surface area (Å²) in [7, 11) is 0. The molecule has 1 N–H and O–H groups in total. The van der Waals surface area contributed by atoms with Crippen LogP contribution in [0.15, 0.2) is 12.1 Å². The zero-order valence-electron chi connectivity index (χ0n) is 12.6. The van der Waals surface area contributed by atoms with E-state index in [-0.39, 0.29) is 18.7 Å². The molecule has 3 rings (SSSR count). The van der Waals surface area contributed by atoms with Crippen LogP contribution in [0, 0.1) is 0 Å². The van der Waals surface area contributed by atoms with E-state index in [1.54, 1.807) is 0 Å². The predicted octanol–water partition coefficient (Wildman–Crippen LogP) is 3.14. The first-order chi connectivity index (χ1) is 10.2. The van der Waals surface area contributed by atoms with E-state index in [1.165, 1.54) is 0 Å². The largest absolute Gasteiger partial charge is 0.454 e. The lowest BCUT2D eigenvalue weighted by atomic mass is 10.1. The van der Waals surface area contributed by atoms with E-state index in [1.807, 2.05) is 24.0 Å². The summed E-state index contributed by atoms with van der Waals surface area (Å²) in [5.41, 5.74) is 1.87. The average Bonchev–Trinajstić information content (AvgIpc) is 2.94. The Hall–Kier alpha value is -1.91. The molecule has 21 heavy (non-hydrogen) atoms. The summed E-state index contributed by atoms with van der Waals surface area (Å²) in [6.07, 6.45) is 4.07. The van der Waals surface area contributed by atoms with Crippen LogP contribution in [0.2, 0.25) is 0 Å². The highest BCUT2D eigenvalue weighted by Gasteiger charge is 2.33. The highest BCUT2D eigenvalue weighted by atomic mass is 16.7. The van der Waals surface area contributed by atoms with E-state index in [0.29, 0.717) is 0 Å². The fraction of sp³-hybridized carbons (Fsp3) is 0.562. The van der Waals surface area contributed by atoms with Crippen molar-refractivity contribution >= 4 is 17.3 Å².